The van der Waals surface area contributed by atoms with Crippen LogP contribution in [0.3, 0.4) is 0 Å². The second kappa shape index (κ2) is 8.66. The third kappa shape index (κ3) is 3.90. The Bertz CT molecular complexity index is 945. The number of benzene rings is 1. The molecular formula is C23H27N3O3S. The van der Waals surface area contributed by atoms with Crippen molar-refractivity contribution in [1.82, 2.24) is 10.2 Å². The number of nitrogens with zero attached hydrogens (tertiary/aromatic N) is 2. The van der Waals surface area contributed by atoms with Crippen LogP contribution in [0.2, 0.25) is 0 Å². The molecule has 1 amide bonds. The number of amides is 1. The summed E-state index contributed by atoms with van der Waals surface area (Å²) >= 11 is 1.69. The summed E-state index contributed by atoms with van der Waals surface area (Å²) in [5.41, 5.74) is 1.66. The molecule has 1 saturated carbocycles. The summed E-state index contributed by atoms with van der Waals surface area (Å²) in [7, 11) is 3.29. The molecule has 7 heteroatoms. The molecule has 1 atom stereocenters. The van der Waals surface area contributed by atoms with Gasteiger partial charge in [0, 0.05) is 11.4 Å². The Balaban J connectivity index is 1.63. The number of thiophene rings is 1. The number of rotatable bonds is 6. The lowest BCUT2D eigenvalue weighted by Gasteiger charge is -2.37. The highest BCUT2D eigenvalue weighted by Gasteiger charge is 2.37. The maximum atomic E-state index is 12.9. The van der Waals surface area contributed by atoms with Gasteiger partial charge in [-0.1, -0.05) is 6.07 Å². The van der Waals surface area contributed by atoms with Gasteiger partial charge in [0.25, 0.3) is 0 Å². The fraction of sp³-hybridized carbons (Fsp3) is 0.478. The van der Waals surface area contributed by atoms with Crippen LogP contribution in [0.4, 0.5) is 0 Å². The third-order valence-electron chi connectivity index (χ3n) is 6.18. The Morgan fingerprint density at radius 3 is 2.67 bits per heavy atom. The largest absolute Gasteiger partial charge is 0.493 e. The Morgan fingerprint density at radius 2 is 2.03 bits per heavy atom. The average molecular weight is 426 g/mol. The molecule has 0 radical (unpaired) electrons. The summed E-state index contributed by atoms with van der Waals surface area (Å²) in [6, 6.07) is 10.6. The van der Waals surface area contributed by atoms with E-state index >= 15 is 0 Å². The molecule has 1 fully saturated rings. The van der Waals surface area contributed by atoms with Crippen LogP contribution in [0.15, 0.2) is 29.6 Å². The predicted octanol–water partition coefficient (Wildman–Crippen LogP) is 3.67. The maximum Gasteiger partial charge on any atom is 0.235 e. The van der Waals surface area contributed by atoms with Gasteiger partial charge in [0.15, 0.2) is 11.5 Å². The van der Waals surface area contributed by atoms with Gasteiger partial charge in [-0.15, -0.1) is 11.3 Å². The van der Waals surface area contributed by atoms with Crippen LogP contribution >= 0.6 is 11.3 Å². The first-order valence-electron chi connectivity index (χ1n) is 10.3. The second-order valence-corrected chi connectivity index (χ2v) is 8.97. The number of hydrogen-bond acceptors (Lipinski definition) is 6. The molecule has 6 nitrogen and oxygen atoms in total. The summed E-state index contributed by atoms with van der Waals surface area (Å²) in [5.74, 6) is 1.34. The maximum absolute atomic E-state index is 12.9. The van der Waals surface area contributed by atoms with Crippen molar-refractivity contribution in [2.24, 2.45) is 0 Å². The fourth-order valence-electron chi connectivity index (χ4n) is 4.68. The molecule has 1 aliphatic heterocycles. The summed E-state index contributed by atoms with van der Waals surface area (Å²) in [6.45, 7) is 1.03. The zero-order chi connectivity index (χ0) is 21.1. The number of nitriles is 1. The first-order valence-corrected chi connectivity index (χ1v) is 11.2. The third-order valence-corrected chi connectivity index (χ3v) is 7.11. The van der Waals surface area contributed by atoms with Crippen molar-refractivity contribution in [3.63, 3.8) is 0 Å². The van der Waals surface area contributed by atoms with E-state index in [1.807, 2.05) is 12.1 Å². The Labute approximate surface area is 181 Å². The minimum Gasteiger partial charge on any atom is -0.493 e. The Hall–Kier alpha value is -2.56. The molecule has 158 valence electrons. The van der Waals surface area contributed by atoms with Gasteiger partial charge >= 0.3 is 0 Å². The summed E-state index contributed by atoms with van der Waals surface area (Å²) in [5, 5.41) is 14.7. The lowest BCUT2D eigenvalue weighted by atomic mass is 9.90. The van der Waals surface area contributed by atoms with Crippen molar-refractivity contribution < 1.29 is 14.3 Å². The van der Waals surface area contributed by atoms with Crippen molar-refractivity contribution in [1.29, 1.82) is 5.26 Å². The van der Waals surface area contributed by atoms with Crippen LogP contribution in [-0.2, 0) is 11.2 Å². The zero-order valence-electron chi connectivity index (χ0n) is 17.4. The highest BCUT2D eigenvalue weighted by atomic mass is 32.1. The van der Waals surface area contributed by atoms with Gasteiger partial charge in [-0.3, -0.25) is 9.69 Å². The normalized spacial score (nSPS) is 20.2. The Kier molecular flexibility index (Phi) is 5.98. The van der Waals surface area contributed by atoms with Crippen LogP contribution in [0, 0.1) is 11.3 Å². The van der Waals surface area contributed by atoms with E-state index in [9.17, 15) is 10.1 Å². The van der Waals surface area contributed by atoms with Crippen molar-refractivity contribution in [2.75, 3.05) is 27.3 Å². The van der Waals surface area contributed by atoms with E-state index in [4.69, 9.17) is 9.47 Å². The number of hydrogen-bond donors (Lipinski definition) is 1. The lowest BCUT2D eigenvalue weighted by Crippen LogP contribution is -2.50. The predicted molar refractivity (Wildman–Crippen MR) is 116 cm³/mol. The van der Waals surface area contributed by atoms with Crippen molar-refractivity contribution in [3.05, 3.63) is 45.6 Å². The van der Waals surface area contributed by atoms with E-state index in [-0.39, 0.29) is 18.5 Å². The van der Waals surface area contributed by atoms with Gasteiger partial charge < -0.3 is 14.8 Å². The molecule has 1 N–H and O–H groups in total. The second-order valence-electron chi connectivity index (χ2n) is 7.99. The standard InChI is InChI=1S/C23H27N3O3S/c1-28-18-12-16-7-10-26(14-21(27)25-23(15-24)8-3-4-9-23)22(20-6-5-11-30-20)17(16)13-19(18)29-2/h5-6,11-13,22H,3-4,7-10,14H2,1-2H3,(H,25,27)/t22-/m1/s1. The fourth-order valence-corrected chi connectivity index (χ4v) is 5.56. The average Bonchev–Trinajstić information content (AvgIpc) is 3.45. The molecule has 0 unspecified atom stereocenters. The number of nitrogens with one attached hydrogen (secondary N) is 1. The van der Waals surface area contributed by atoms with Crippen LogP contribution in [0.25, 0.3) is 0 Å². The first-order chi connectivity index (χ1) is 14.6. The van der Waals surface area contributed by atoms with Crippen LogP contribution in [-0.4, -0.2) is 43.7 Å². The minimum absolute atomic E-state index is 0.0269. The zero-order valence-corrected chi connectivity index (χ0v) is 18.3. The van der Waals surface area contributed by atoms with E-state index < -0.39 is 5.54 Å². The van der Waals surface area contributed by atoms with E-state index in [0.717, 1.165) is 50.0 Å². The minimum atomic E-state index is -0.695. The summed E-state index contributed by atoms with van der Waals surface area (Å²) in [4.78, 5) is 16.3. The van der Waals surface area contributed by atoms with E-state index in [1.54, 1.807) is 25.6 Å². The molecule has 2 aromatic rings. The molecule has 0 bridgehead atoms. The lowest BCUT2D eigenvalue weighted by molar-refractivity contribution is -0.124. The number of methoxy groups -OCH3 is 2. The molecule has 2 heterocycles. The first kappa shape index (κ1) is 20.7. The number of carbonyl (C=O) groups is 1. The van der Waals surface area contributed by atoms with Gasteiger partial charge in [-0.25, -0.2) is 0 Å². The van der Waals surface area contributed by atoms with Gasteiger partial charge in [0.05, 0.1) is 32.9 Å². The van der Waals surface area contributed by atoms with Crippen molar-refractivity contribution in [3.8, 4) is 17.6 Å². The van der Waals surface area contributed by atoms with E-state index in [0.29, 0.717) is 5.75 Å². The molecule has 0 saturated heterocycles. The smallest absolute Gasteiger partial charge is 0.235 e. The van der Waals surface area contributed by atoms with Crippen molar-refractivity contribution >= 4 is 17.2 Å². The van der Waals surface area contributed by atoms with Crippen LogP contribution in [0.5, 0.6) is 11.5 Å². The molecule has 30 heavy (non-hydrogen) atoms. The van der Waals surface area contributed by atoms with Gasteiger partial charge in [-0.2, -0.15) is 5.26 Å². The molecular weight excluding hydrogens is 398 g/mol. The SMILES string of the molecule is COc1cc2c(cc1OC)[C@H](c1cccs1)N(CC(=O)NC1(C#N)CCCC1)CC2. The monoisotopic (exact) mass is 425 g/mol. The van der Waals surface area contributed by atoms with Crippen molar-refractivity contribution in [2.45, 2.75) is 43.7 Å². The quantitative estimate of drug-likeness (QED) is 0.764. The molecule has 4 rings (SSSR count). The molecule has 1 aromatic carbocycles. The number of carbonyl (C=O) groups excluding carboxylic acids is 1. The van der Waals surface area contributed by atoms with Gasteiger partial charge in [0.2, 0.25) is 5.91 Å². The van der Waals surface area contributed by atoms with E-state index in [1.165, 1.54) is 10.4 Å². The summed E-state index contributed by atoms with van der Waals surface area (Å²) in [6.07, 6.45) is 4.29. The van der Waals surface area contributed by atoms with E-state index in [2.05, 4.69) is 33.8 Å². The van der Waals surface area contributed by atoms with Gasteiger partial charge in [0.1, 0.15) is 5.54 Å². The van der Waals surface area contributed by atoms with Crippen LogP contribution in [0.1, 0.15) is 47.7 Å². The van der Waals surface area contributed by atoms with Crippen LogP contribution < -0.4 is 14.8 Å². The number of ether oxygens (including phenoxy) is 2. The summed E-state index contributed by atoms with van der Waals surface area (Å²) < 4.78 is 11.0. The molecule has 1 aliphatic carbocycles. The molecule has 2 aliphatic rings. The molecule has 0 spiro atoms. The Morgan fingerprint density at radius 1 is 1.30 bits per heavy atom. The topological polar surface area (TPSA) is 74.6 Å². The highest BCUT2D eigenvalue weighted by molar-refractivity contribution is 7.10. The number of fused-ring (bicyclic) bond motifs is 1. The highest BCUT2D eigenvalue weighted by Crippen LogP contribution is 2.42. The van der Waals surface area contributed by atoms with Gasteiger partial charge in [-0.05, 0) is 66.8 Å². The molecule has 1 aromatic heterocycles.